The average molecular weight is 506 g/mol. The van der Waals surface area contributed by atoms with E-state index in [1.54, 1.807) is 88.4 Å². The van der Waals surface area contributed by atoms with Crippen molar-refractivity contribution in [3.8, 4) is 0 Å². The quantitative estimate of drug-likeness (QED) is 0.313. The highest BCUT2D eigenvalue weighted by Gasteiger charge is 2.45. The Morgan fingerprint density at radius 3 is 1.83 bits per heavy atom. The summed E-state index contributed by atoms with van der Waals surface area (Å²) in [5.41, 5.74) is 0.622. The number of carbonyl (C=O) groups is 2. The van der Waals surface area contributed by atoms with E-state index < -0.39 is 44.4 Å². The third-order valence-electron chi connectivity index (χ3n) is 4.73. The largest absolute Gasteiger partial charge is 0.449 e. The van der Waals surface area contributed by atoms with Crippen molar-refractivity contribution in [3.63, 3.8) is 0 Å². The summed E-state index contributed by atoms with van der Waals surface area (Å²) in [7, 11) is -3.62. The zero-order chi connectivity index (χ0) is 25.4. The van der Waals surface area contributed by atoms with Crippen LogP contribution in [-0.4, -0.2) is 55.6 Å². The Kier molecular flexibility index (Phi) is 9.60. The second kappa shape index (κ2) is 12.4. The normalized spacial score (nSPS) is 20.2. The Bertz CT molecular complexity index is 996. The number of rotatable bonds is 11. The van der Waals surface area contributed by atoms with E-state index >= 15 is 0 Å². The highest BCUT2D eigenvalue weighted by molar-refractivity contribution is 7.53. The molecule has 0 radical (unpaired) electrons. The second-order valence-electron chi connectivity index (χ2n) is 8.46. The summed E-state index contributed by atoms with van der Waals surface area (Å²) in [6.45, 7) is 6.87. The zero-order valence-corrected chi connectivity index (χ0v) is 21.1. The first-order valence-electron chi connectivity index (χ1n) is 11.4. The molecule has 1 fully saturated rings. The summed E-state index contributed by atoms with van der Waals surface area (Å²) < 4.78 is 46.8. The lowest BCUT2D eigenvalue weighted by atomic mass is 10.2. The number of ether oxygens (including phenoxy) is 4. The van der Waals surface area contributed by atoms with Crippen molar-refractivity contribution >= 4 is 19.5 Å². The van der Waals surface area contributed by atoms with Gasteiger partial charge in [0, 0.05) is 0 Å². The number of hydrogen-bond donors (Lipinski definition) is 0. The van der Waals surface area contributed by atoms with Crippen LogP contribution in [0.2, 0.25) is 0 Å². The van der Waals surface area contributed by atoms with E-state index in [2.05, 4.69) is 0 Å². The molecule has 0 unspecified atom stereocenters. The molecule has 1 heterocycles. The summed E-state index contributed by atoms with van der Waals surface area (Å²) >= 11 is 0. The van der Waals surface area contributed by atoms with Gasteiger partial charge in [0.1, 0.15) is 12.5 Å². The second-order valence-corrected chi connectivity index (χ2v) is 10.4. The van der Waals surface area contributed by atoms with Crippen molar-refractivity contribution in [2.24, 2.45) is 0 Å². The molecule has 0 amide bonds. The van der Waals surface area contributed by atoms with Crippen LogP contribution in [0.4, 0.5) is 0 Å². The first kappa shape index (κ1) is 27.0. The fourth-order valence-corrected chi connectivity index (χ4v) is 5.19. The van der Waals surface area contributed by atoms with Gasteiger partial charge in [-0.15, -0.1) is 0 Å². The lowest BCUT2D eigenvalue weighted by molar-refractivity contribution is -0.126. The van der Waals surface area contributed by atoms with Crippen molar-refractivity contribution in [1.82, 2.24) is 0 Å². The Morgan fingerprint density at radius 2 is 1.34 bits per heavy atom. The van der Waals surface area contributed by atoms with Crippen LogP contribution in [0.5, 0.6) is 0 Å². The maximum absolute atomic E-state index is 13.2. The number of hydrogen-bond acceptors (Lipinski definition) is 9. The maximum Gasteiger partial charge on any atom is 0.356 e. The third kappa shape index (κ3) is 7.98. The van der Waals surface area contributed by atoms with Crippen LogP contribution in [0, 0.1) is 0 Å². The first-order valence-corrected chi connectivity index (χ1v) is 13.1. The number of carbonyl (C=O) groups excluding carboxylic acids is 2. The van der Waals surface area contributed by atoms with E-state index in [0.717, 1.165) is 0 Å². The van der Waals surface area contributed by atoms with Crippen molar-refractivity contribution in [2.75, 3.05) is 13.0 Å². The SMILES string of the molecule is CC(C)OP(=O)(CO[C@H]1CO[C@@H](OC(=O)c2ccccc2)[C@@H]1OC(=O)c1ccccc1)OC(C)C. The van der Waals surface area contributed by atoms with E-state index in [0.29, 0.717) is 11.1 Å². The van der Waals surface area contributed by atoms with Gasteiger partial charge in [-0.05, 0) is 52.0 Å². The van der Waals surface area contributed by atoms with Gasteiger partial charge in [-0.2, -0.15) is 0 Å². The van der Waals surface area contributed by atoms with Gasteiger partial charge < -0.3 is 28.0 Å². The molecule has 190 valence electrons. The molecule has 35 heavy (non-hydrogen) atoms. The topological polar surface area (TPSA) is 107 Å². The van der Waals surface area contributed by atoms with Crippen LogP contribution < -0.4 is 0 Å². The van der Waals surface area contributed by atoms with Crippen LogP contribution in [0.25, 0.3) is 0 Å². The summed E-state index contributed by atoms with van der Waals surface area (Å²) in [4.78, 5) is 25.4. The molecule has 1 aliphatic rings. The van der Waals surface area contributed by atoms with Crippen LogP contribution in [0.3, 0.4) is 0 Å². The molecule has 0 spiro atoms. The molecule has 1 saturated heterocycles. The Balaban J connectivity index is 1.76. The van der Waals surface area contributed by atoms with E-state index in [1.807, 2.05) is 0 Å². The highest BCUT2D eigenvalue weighted by Crippen LogP contribution is 2.51. The van der Waals surface area contributed by atoms with Gasteiger partial charge in [0.25, 0.3) is 0 Å². The summed E-state index contributed by atoms with van der Waals surface area (Å²) in [6.07, 6.45) is -4.34. The van der Waals surface area contributed by atoms with Gasteiger partial charge >= 0.3 is 19.5 Å². The fraction of sp³-hybridized carbons (Fsp3) is 0.440. The zero-order valence-electron chi connectivity index (χ0n) is 20.2. The molecule has 0 aromatic heterocycles. The number of benzene rings is 2. The van der Waals surface area contributed by atoms with Gasteiger partial charge in [-0.25, -0.2) is 9.59 Å². The Hall–Kier alpha value is -2.55. The van der Waals surface area contributed by atoms with Gasteiger partial charge in [0.05, 0.1) is 29.9 Å². The van der Waals surface area contributed by atoms with Gasteiger partial charge in [0.2, 0.25) is 6.29 Å². The first-order chi connectivity index (χ1) is 16.7. The predicted octanol–water partition coefficient (Wildman–Crippen LogP) is 4.81. The summed E-state index contributed by atoms with van der Waals surface area (Å²) in [5.74, 6) is -1.29. The summed E-state index contributed by atoms with van der Waals surface area (Å²) in [5, 5.41) is 0. The molecule has 3 rings (SSSR count). The molecular weight excluding hydrogens is 475 g/mol. The van der Waals surface area contributed by atoms with E-state index in [9.17, 15) is 14.2 Å². The van der Waals surface area contributed by atoms with Gasteiger partial charge in [-0.1, -0.05) is 36.4 Å². The maximum atomic E-state index is 13.2. The summed E-state index contributed by atoms with van der Waals surface area (Å²) in [6, 6.07) is 16.7. The predicted molar refractivity (Wildman–Crippen MR) is 127 cm³/mol. The molecule has 0 bridgehead atoms. The van der Waals surface area contributed by atoms with Gasteiger partial charge in [0.15, 0.2) is 6.10 Å². The molecular formula is C25H31O9P. The molecule has 2 aromatic carbocycles. The van der Waals surface area contributed by atoms with Gasteiger partial charge in [-0.3, -0.25) is 4.57 Å². The highest BCUT2D eigenvalue weighted by atomic mass is 31.2. The fourth-order valence-electron chi connectivity index (χ4n) is 3.36. The van der Waals surface area contributed by atoms with Crippen molar-refractivity contribution in [1.29, 1.82) is 0 Å². The van der Waals surface area contributed by atoms with Crippen molar-refractivity contribution in [3.05, 3.63) is 71.8 Å². The minimum Gasteiger partial charge on any atom is -0.449 e. The average Bonchev–Trinajstić information content (AvgIpc) is 3.18. The van der Waals surface area contributed by atoms with E-state index in [1.165, 1.54) is 0 Å². The van der Waals surface area contributed by atoms with Crippen molar-refractivity contribution in [2.45, 2.75) is 58.4 Å². The number of esters is 2. The van der Waals surface area contributed by atoms with Crippen LogP contribution in [0.15, 0.2) is 60.7 Å². The van der Waals surface area contributed by atoms with Crippen LogP contribution >= 0.6 is 7.60 Å². The van der Waals surface area contributed by atoms with E-state index in [-0.39, 0.29) is 18.8 Å². The lowest BCUT2D eigenvalue weighted by Gasteiger charge is -2.26. The smallest absolute Gasteiger partial charge is 0.356 e. The Labute approximate surface area is 205 Å². The molecule has 10 heteroatoms. The monoisotopic (exact) mass is 506 g/mol. The molecule has 3 atom stereocenters. The molecule has 2 aromatic rings. The van der Waals surface area contributed by atoms with Crippen molar-refractivity contribution < 1.29 is 42.1 Å². The Morgan fingerprint density at radius 1 is 0.857 bits per heavy atom. The molecule has 0 aliphatic carbocycles. The lowest BCUT2D eigenvalue weighted by Crippen LogP contribution is -2.39. The standard InChI is InChI=1S/C25H31O9P/c1-17(2)33-35(28,34-18(3)4)16-30-21-15-29-25(32-24(27)20-13-9-6-10-14-20)22(21)31-23(26)19-11-7-5-8-12-19/h5-14,17-18,21-22,25H,15-16H2,1-4H3/t21-,22+,25-/m0/s1. The molecule has 9 nitrogen and oxygen atoms in total. The molecule has 1 aliphatic heterocycles. The molecule has 0 N–H and O–H groups in total. The van der Waals surface area contributed by atoms with Crippen LogP contribution in [0.1, 0.15) is 48.4 Å². The third-order valence-corrected chi connectivity index (χ3v) is 6.69. The minimum absolute atomic E-state index is 0.0666. The van der Waals surface area contributed by atoms with E-state index in [4.69, 9.17) is 28.0 Å². The molecule has 0 saturated carbocycles. The minimum atomic E-state index is -3.62. The van der Waals surface area contributed by atoms with Crippen LogP contribution in [-0.2, 0) is 32.6 Å².